The number of aromatic hydroxyl groups is 1. The number of piperidine rings is 1. The molecule has 1 heterocycles. The van der Waals surface area contributed by atoms with Gasteiger partial charge in [-0.15, -0.1) is 0 Å². The number of ether oxygens (including phenoxy) is 1. The van der Waals surface area contributed by atoms with E-state index in [-0.39, 0.29) is 28.3 Å². The molecule has 1 aliphatic heterocycles. The molecule has 13 heteroatoms. The highest BCUT2D eigenvalue weighted by Crippen LogP contribution is 2.37. The summed E-state index contributed by atoms with van der Waals surface area (Å²) in [5.41, 5.74) is -4.71. The van der Waals surface area contributed by atoms with Gasteiger partial charge in [-0.25, -0.2) is 17.6 Å². The van der Waals surface area contributed by atoms with Crippen molar-refractivity contribution in [2.45, 2.75) is 28.1 Å². The van der Waals surface area contributed by atoms with E-state index < -0.39 is 37.8 Å². The summed E-state index contributed by atoms with van der Waals surface area (Å²) in [5, 5.41) is 12.0. The second kappa shape index (κ2) is 10.3. The van der Waals surface area contributed by atoms with E-state index in [4.69, 9.17) is 4.74 Å². The first-order valence-electron chi connectivity index (χ1n) is 10.1. The summed E-state index contributed by atoms with van der Waals surface area (Å²) in [6.45, 7) is 1.02. The van der Waals surface area contributed by atoms with Crippen molar-refractivity contribution < 1.29 is 40.6 Å². The summed E-state index contributed by atoms with van der Waals surface area (Å²) in [6, 6.07) is 6.49. The Bertz CT molecular complexity index is 1130. The molecule has 0 spiro atoms. The fourth-order valence-corrected chi connectivity index (χ4v) is 4.69. The maximum atomic E-state index is 14.1. The van der Waals surface area contributed by atoms with Crippen molar-refractivity contribution >= 4 is 33.3 Å². The maximum Gasteiger partial charge on any atom is 0.446 e. The molecular weight excluding hydrogens is 500 g/mol. The highest BCUT2D eigenvalue weighted by Gasteiger charge is 2.29. The number of benzene rings is 2. The number of urea groups is 1. The van der Waals surface area contributed by atoms with E-state index in [1.165, 1.54) is 29.2 Å². The third-order valence-electron chi connectivity index (χ3n) is 5.13. The molecule has 0 unspecified atom stereocenters. The van der Waals surface area contributed by atoms with Gasteiger partial charge < -0.3 is 20.1 Å². The lowest BCUT2D eigenvalue weighted by Crippen LogP contribution is -2.42. The van der Waals surface area contributed by atoms with E-state index >= 15 is 0 Å². The number of hydrogen-bond donors (Lipinski definition) is 2. The second-order valence-corrected chi connectivity index (χ2v) is 10.9. The number of nitrogens with zero attached hydrogens (tertiary/aromatic N) is 1. The molecule has 1 fully saturated rings. The number of phenolic OH excluding ortho intramolecular Hbond substituents is 1. The van der Waals surface area contributed by atoms with Crippen molar-refractivity contribution in [1.82, 2.24) is 4.90 Å². The van der Waals surface area contributed by atoms with Crippen LogP contribution in [0.2, 0.25) is 0 Å². The van der Waals surface area contributed by atoms with Gasteiger partial charge >= 0.3 is 11.5 Å². The van der Waals surface area contributed by atoms with Crippen LogP contribution in [0, 0.1) is 11.7 Å². The van der Waals surface area contributed by atoms with Crippen LogP contribution in [0.25, 0.3) is 0 Å². The maximum absolute atomic E-state index is 14.1. The number of alkyl halides is 3. The number of amides is 2. The number of carbonyl (C=O) groups is 1. The molecule has 2 aromatic rings. The molecule has 1 saturated heterocycles. The van der Waals surface area contributed by atoms with Gasteiger partial charge in [0.2, 0.25) is 0 Å². The Morgan fingerprint density at radius 2 is 1.82 bits per heavy atom. The molecule has 7 nitrogen and oxygen atoms in total. The van der Waals surface area contributed by atoms with E-state index in [2.05, 4.69) is 5.32 Å². The van der Waals surface area contributed by atoms with Gasteiger partial charge in [0, 0.05) is 30.3 Å². The van der Waals surface area contributed by atoms with E-state index in [1.54, 1.807) is 0 Å². The molecule has 186 valence electrons. The van der Waals surface area contributed by atoms with Crippen molar-refractivity contribution in [3.05, 3.63) is 42.2 Å². The number of carbonyl (C=O) groups excluding carboxylic acids is 1. The lowest BCUT2D eigenvalue weighted by atomic mass is 9.98. The second-order valence-electron chi connectivity index (χ2n) is 7.76. The smallest absolute Gasteiger partial charge is 0.446 e. The summed E-state index contributed by atoms with van der Waals surface area (Å²) >= 11 is -0.202. The minimum Gasteiger partial charge on any atom is -0.506 e. The Hall–Kier alpha value is -2.67. The van der Waals surface area contributed by atoms with Gasteiger partial charge in [0.05, 0.1) is 12.3 Å². The van der Waals surface area contributed by atoms with Crippen LogP contribution in [0.1, 0.15) is 12.8 Å². The Morgan fingerprint density at radius 3 is 2.38 bits per heavy atom. The average Bonchev–Trinajstić information content (AvgIpc) is 2.73. The Kier molecular flexibility index (Phi) is 7.86. The van der Waals surface area contributed by atoms with Gasteiger partial charge in [0.25, 0.3) is 0 Å². The molecule has 0 bridgehead atoms. The van der Waals surface area contributed by atoms with E-state index in [1.807, 2.05) is 0 Å². The van der Waals surface area contributed by atoms with Crippen molar-refractivity contribution in [2.75, 3.05) is 31.3 Å². The van der Waals surface area contributed by atoms with Gasteiger partial charge in [-0.3, -0.25) is 0 Å². The van der Waals surface area contributed by atoms with Crippen molar-refractivity contribution in [1.29, 1.82) is 0 Å². The lowest BCUT2D eigenvalue weighted by Gasteiger charge is -2.32. The van der Waals surface area contributed by atoms with Crippen LogP contribution in [0.4, 0.5) is 28.0 Å². The molecule has 0 saturated carbocycles. The van der Waals surface area contributed by atoms with E-state index in [0.29, 0.717) is 44.4 Å². The molecule has 0 radical (unpaired) electrons. The molecule has 3 rings (SSSR count). The van der Waals surface area contributed by atoms with Crippen LogP contribution in [0.5, 0.6) is 11.5 Å². The average molecular weight is 523 g/mol. The van der Waals surface area contributed by atoms with Crippen LogP contribution in [0.3, 0.4) is 0 Å². The highest BCUT2D eigenvalue weighted by molar-refractivity contribution is 8.00. The molecule has 0 atom stereocenters. The zero-order chi connectivity index (χ0) is 25.1. The molecule has 2 N–H and O–H groups in total. The number of likely N-dealkylation sites (tertiary alicyclic amines) is 1. The van der Waals surface area contributed by atoms with Gasteiger partial charge in [-0.05, 0) is 60.9 Å². The topological polar surface area (TPSA) is 95.9 Å². The SMILES string of the molecule is CS(=O)(=O)c1cc(NC(=O)N2CCC(COc3ccc(SC(F)(F)F)cc3)CC2)c(F)cc1O. The number of sulfone groups is 1. The zero-order valence-electron chi connectivity index (χ0n) is 17.9. The summed E-state index contributed by atoms with van der Waals surface area (Å²) in [6.07, 6.45) is 2.03. The van der Waals surface area contributed by atoms with E-state index in [0.717, 1.165) is 12.3 Å². The number of halogens is 4. The first kappa shape index (κ1) is 25.9. The fourth-order valence-electron chi connectivity index (χ4n) is 3.38. The molecule has 2 aromatic carbocycles. The standard InChI is InChI=1S/C21H22F4N2O5S2/c1-34(30,31)19-11-17(16(22)10-18(19)28)26-20(29)27-8-6-13(7-9-27)12-32-14-2-4-15(5-3-14)33-21(23,24)25/h2-5,10-11,13,28H,6-9,12H2,1H3,(H,26,29). The minimum absolute atomic E-state index is 0.0629. The number of thioether (sulfide) groups is 1. The molecule has 34 heavy (non-hydrogen) atoms. The zero-order valence-corrected chi connectivity index (χ0v) is 19.6. The Labute approximate surface area is 198 Å². The predicted molar refractivity (Wildman–Crippen MR) is 118 cm³/mol. The normalized spacial score (nSPS) is 15.3. The van der Waals surface area contributed by atoms with Crippen molar-refractivity contribution in [3.8, 4) is 11.5 Å². The summed E-state index contributed by atoms with van der Waals surface area (Å²) in [5.74, 6) is -1.17. The summed E-state index contributed by atoms with van der Waals surface area (Å²) < 4.78 is 80.4. The van der Waals surface area contributed by atoms with Gasteiger partial charge in [-0.1, -0.05) is 0 Å². The molecule has 0 aromatic heterocycles. The third kappa shape index (κ3) is 7.16. The van der Waals surface area contributed by atoms with Gasteiger partial charge in [-0.2, -0.15) is 13.2 Å². The van der Waals surface area contributed by atoms with Gasteiger partial charge in [0.15, 0.2) is 15.7 Å². The monoisotopic (exact) mass is 522 g/mol. The molecule has 1 aliphatic rings. The first-order chi connectivity index (χ1) is 15.8. The molecule has 2 amide bonds. The first-order valence-corrected chi connectivity index (χ1v) is 12.8. The minimum atomic E-state index is -4.35. The highest BCUT2D eigenvalue weighted by atomic mass is 32.2. The third-order valence-corrected chi connectivity index (χ3v) is 7.00. The van der Waals surface area contributed by atoms with Crippen molar-refractivity contribution in [2.24, 2.45) is 5.92 Å². The molecule has 0 aliphatic carbocycles. The van der Waals surface area contributed by atoms with E-state index in [9.17, 15) is 35.9 Å². The largest absolute Gasteiger partial charge is 0.506 e. The summed E-state index contributed by atoms with van der Waals surface area (Å²) in [7, 11) is -3.83. The number of phenols is 1. The number of anilines is 1. The van der Waals surface area contributed by atoms with Gasteiger partial charge in [0.1, 0.15) is 16.4 Å². The predicted octanol–water partition coefficient (Wildman–Crippen LogP) is 4.87. The van der Waals surface area contributed by atoms with Crippen LogP contribution >= 0.6 is 11.8 Å². The Morgan fingerprint density at radius 1 is 1.21 bits per heavy atom. The van der Waals surface area contributed by atoms with Crippen molar-refractivity contribution in [3.63, 3.8) is 0 Å². The lowest BCUT2D eigenvalue weighted by molar-refractivity contribution is -0.0328. The number of hydrogen-bond acceptors (Lipinski definition) is 6. The van der Waals surface area contributed by atoms with Crippen LogP contribution in [0.15, 0.2) is 46.2 Å². The number of nitrogens with one attached hydrogen (secondary N) is 1. The quantitative estimate of drug-likeness (QED) is 0.243. The van der Waals surface area contributed by atoms with Crippen LogP contribution < -0.4 is 10.1 Å². The molecular formula is C21H22F4N2O5S2. The van der Waals surface area contributed by atoms with Crippen LogP contribution in [-0.4, -0.2) is 55.9 Å². The van der Waals surface area contributed by atoms with Crippen LogP contribution in [-0.2, 0) is 9.84 Å². The fraction of sp³-hybridized carbons (Fsp3) is 0.381. The number of rotatable bonds is 6. The summed E-state index contributed by atoms with van der Waals surface area (Å²) in [4.78, 5) is 13.5. The Balaban J connectivity index is 1.50.